The number of carbonyl (C=O) groups excluding carboxylic acids is 1. The molecule has 1 aromatic rings. The highest BCUT2D eigenvalue weighted by atomic mass is 79.9. The van der Waals surface area contributed by atoms with Crippen LogP contribution in [0.1, 0.15) is 22.3 Å². The molecule has 0 bridgehead atoms. The van der Waals surface area contributed by atoms with E-state index in [0.29, 0.717) is 18.5 Å². The Morgan fingerprint density at radius 3 is 2.78 bits per heavy atom. The van der Waals surface area contributed by atoms with Crippen LogP contribution in [-0.4, -0.2) is 35.4 Å². The van der Waals surface area contributed by atoms with Gasteiger partial charge in [-0.25, -0.2) is 0 Å². The van der Waals surface area contributed by atoms with Gasteiger partial charge in [0.15, 0.2) is 0 Å². The molecule has 1 aromatic carbocycles. The highest BCUT2D eigenvalue weighted by Gasteiger charge is 2.12. The second kappa shape index (κ2) is 6.39. The Kier molecular flexibility index (Phi) is 5.15. The second-order valence-electron chi connectivity index (χ2n) is 4.03. The number of amidine groups is 1. The lowest BCUT2D eigenvalue weighted by Gasteiger charge is -2.17. The van der Waals surface area contributed by atoms with Gasteiger partial charge in [-0.2, -0.15) is 0 Å². The minimum Gasteiger partial charge on any atom is -0.409 e. The molecule has 98 valence electrons. The van der Waals surface area contributed by atoms with E-state index in [1.807, 2.05) is 13.0 Å². The molecule has 0 fully saturated rings. The van der Waals surface area contributed by atoms with Gasteiger partial charge in [-0.05, 0) is 24.6 Å². The third-order valence-electron chi connectivity index (χ3n) is 2.60. The van der Waals surface area contributed by atoms with Crippen molar-refractivity contribution in [2.24, 2.45) is 10.9 Å². The van der Waals surface area contributed by atoms with Gasteiger partial charge in [-0.1, -0.05) is 27.2 Å². The number of carbonyl (C=O) groups is 1. The molecule has 0 heterocycles. The average molecular weight is 314 g/mol. The summed E-state index contributed by atoms with van der Waals surface area (Å²) in [5.41, 5.74) is 7.04. The molecular formula is C12H16BrN3O2. The Bertz CT molecular complexity index is 474. The van der Waals surface area contributed by atoms with E-state index in [0.717, 1.165) is 10.0 Å². The number of aryl methyl sites for hydroxylation is 1. The molecule has 1 amide bonds. The zero-order chi connectivity index (χ0) is 13.7. The number of nitrogens with two attached hydrogens (primary N) is 1. The first kappa shape index (κ1) is 14.5. The topological polar surface area (TPSA) is 78.9 Å². The van der Waals surface area contributed by atoms with E-state index >= 15 is 0 Å². The molecule has 0 aliphatic carbocycles. The van der Waals surface area contributed by atoms with Crippen LogP contribution in [0.4, 0.5) is 0 Å². The summed E-state index contributed by atoms with van der Waals surface area (Å²) in [5, 5.41) is 11.3. The van der Waals surface area contributed by atoms with Crippen LogP contribution in [0.3, 0.4) is 0 Å². The summed E-state index contributed by atoms with van der Waals surface area (Å²) in [6.45, 7) is 2.36. The number of rotatable bonds is 4. The number of halogens is 1. The van der Waals surface area contributed by atoms with Gasteiger partial charge < -0.3 is 15.8 Å². The van der Waals surface area contributed by atoms with Crippen LogP contribution in [0.2, 0.25) is 0 Å². The quantitative estimate of drug-likeness (QED) is 0.386. The second-order valence-corrected chi connectivity index (χ2v) is 4.89. The summed E-state index contributed by atoms with van der Waals surface area (Å²) in [4.78, 5) is 13.6. The van der Waals surface area contributed by atoms with Crippen molar-refractivity contribution < 1.29 is 10.0 Å². The van der Waals surface area contributed by atoms with Crippen molar-refractivity contribution in [3.8, 4) is 0 Å². The monoisotopic (exact) mass is 313 g/mol. The maximum absolute atomic E-state index is 12.1. The normalized spacial score (nSPS) is 11.4. The minimum absolute atomic E-state index is 0.0959. The predicted molar refractivity (Wildman–Crippen MR) is 73.9 cm³/mol. The van der Waals surface area contributed by atoms with Gasteiger partial charge in [-0.15, -0.1) is 0 Å². The molecule has 0 aliphatic heterocycles. The van der Waals surface area contributed by atoms with Crippen molar-refractivity contribution in [1.29, 1.82) is 0 Å². The maximum atomic E-state index is 12.1. The molecular weight excluding hydrogens is 298 g/mol. The first-order valence-corrected chi connectivity index (χ1v) is 6.23. The molecule has 3 N–H and O–H groups in total. The van der Waals surface area contributed by atoms with Crippen LogP contribution in [0, 0.1) is 6.92 Å². The summed E-state index contributed by atoms with van der Waals surface area (Å²) in [5.74, 6) is 0.0150. The largest absolute Gasteiger partial charge is 0.409 e. The van der Waals surface area contributed by atoms with Gasteiger partial charge in [0, 0.05) is 30.0 Å². The summed E-state index contributed by atoms with van der Waals surface area (Å²) in [6, 6.07) is 5.45. The van der Waals surface area contributed by atoms with Crippen LogP contribution in [0.5, 0.6) is 0 Å². The van der Waals surface area contributed by atoms with E-state index in [2.05, 4.69) is 21.1 Å². The van der Waals surface area contributed by atoms with Gasteiger partial charge in [0.25, 0.3) is 5.91 Å². The Hall–Kier alpha value is -1.56. The fourth-order valence-electron chi connectivity index (χ4n) is 1.38. The first-order valence-electron chi connectivity index (χ1n) is 5.43. The molecule has 5 nitrogen and oxygen atoms in total. The third-order valence-corrected chi connectivity index (χ3v) is 3.45. The van der Waals surface area contributed by atoms with E-state index < -0.39 is 0 Å². The number of benzene rings is 1. The van der Waals surface area contributed by atoms with E-state index in [-0.39, 0.29) is 11.7 Å². The number of nitrogens with zero attached hydrogens (tertiary/aromatic N) is 2. The lowest BCUT2D eigenvalue weighted by atomic mass is 10.1. The highest BCUT2D eigenvalue weighted by molar-refractivity contribution is 9.10. The fourth-order valence-corrected chi connectivity index (χ4v) is 1.76. The van der Waals surface area contributed by atoms with Crippen molar-refractivity contribution in [2.75, 3.05) is 13.6 Å². The molecule has 0 saturated carbocycles. The summed E-state index contributed by atoms with van der Waals surface area (Å²) >= 11 is 3.39. The number of amides is 1. The molecule has 0 unspecified atom stereocenters. The smallest absolute Gasteiger partial charge is 0.253 e. The summed E-state index contributed by atoms with van der Waals surface area (Å²) < 4.78 is 0.901. The molecule has 0 spiro atoms. The molecule has 0 radical (unpaired) electrons. The van der Waals surface area contributed by atoms with Crippen molar-refractivity contribution >= 4 is 27.7 Å². The number of hydrogen-bond acceptors (Lipinski definition) is 3. The maximum Gasteiger partial charge on any atom is 0.253 e. The lowest BCUT2D eigenvalue weighted by molar-refractivity contribution is 0.0798. The van der Waals surface area contributed by atoms with Gasteiger partial charge in [0.2, 0.25) is 0 Å². The third kappa shape index (κ3) is 3.73. The fraction of sp³-hybridized carbons (Fsp3) is 0.333. The van der Waals surface area contributed by atoms with Crippen LogP contribution >= 0.6 is 15.9 Å². The molecule has 18 heavy (non-hydrogen) atoms. The Morgan fingerprint density at radius 1 is 1.56 bits per heavy atom. The highest BCUT2D eigenvalue weighted by Crippen LogP contribution is 2.18. The Balaban J connectivity index is 2.71. The molecule has 0 atom stereocenters. The number of oxime groups is 1. The molecule has 0 saturated heterocycles. The molecule has 0 aliphatic rings. The van der Waals surface area contributed by atoms with Crippen LogP contribution in [-0.2, 0) is 0 Å². The van der Waals surface area contributed by atoms with E-state index in [9.17, 15) is 4.79 Å². The van der Waals surface area contributed by atoms with Gasteiger partial charge in [-0.3, -0.25) is 4.79 Å². The lowest BCUT2D eigenvalue weighted by Crippen LogP contribution is -2.30. The van der Waals surface area contributed by atoms with Crippen molar-refractivity contribution in [2.45, 2.75) is 13.3 Å². The standard InChI is InChI=1S/C12H16BrN3O2/c1-8-3-4-9(7-10(8)13)12(17)16(2)6-5-11(14)15-18/h3-4,7,18H,5-6H2,1-2H3,(H2,14,15). The SMILES string of the molecule is Cc1ccc(C(=O)N(C)CC/C(N)=N/O)cc1Br. The van der Waals surface area contributed by atoms with Crippen molar-refractivity contribution in [1.82, 2.24) is 4.90 Å². The zero-order valence-electron chi connectivity index (χ0n) is 10.4. The van der Waals surface area contributed by atoms with Gasteiger partial charge in [0.05, 0.1) is 0 Å². The predicted octanol–water partition coefficient (Wildman–Crippen LogP) is 1.97. The average Bonchev–Trinajstić information content (AvgIpc) is 2.37. The molecule has 6 heteroatoms. The van der Waals surface area contributed by atoms with Crippen LogP contribution < -0.4 is 5.73 Å². The van der Waals surface area contributed by atoms with E-state index in [1.54, 1.807) is 19.2 Å². The van der Waals surface area contributed by atoms with Crippen molar-refractivity contribution in [3.05, 3.63) is 33.8 Å². The minimum atomic E-state index is -0.0959. The zero-order valence-corrected chi connectivity index (χ0v) is 11.9. The van der Waals surface area contributed by atoms with E-state index in [1.165, 1.54) is 4.90 Å². The van der Waals surface area contributed by atoms with Crippen molar-refractivity contribution in [3.63, 3.8) is 0 Å². The van der Waals surface area contributed by atoms with Crippen LogP contribution in [0.15, 0.2) is 27.8 Å². The van der Waals surface area contributed by atoms with Gasteiger partial charge in [0.1, 0.15) is 5.84 Å². The van der Waals surface area contributed by atoms with E-state index in [4.69, 9.17) is 10.9 Å². The Morgan fingerprint density at radius 2 is 2.22 bits per heavy atom. The summed E-state index contributed by atoms with van der Waals surface area (Å²) in [7, 11) is 1.68. The Labute approximate surface area is 114 Å². The van der Waals surface area contributed by atoms with Crippen LogP contribution in [0.25, 0.3) is 0 Å². The first-order chi connectivity index (χ1) is 8.45. The van der Waals surface area contributed by atoms with Gasteiger partial charge >= 0.3 is 0 Å². The molecule has 0 aromatic heterocycles. The number of hydrogen-bond donors (Lipinski definition) is 2. The summed E-state index contributed by atoms with van der Waals surface area (Å²) in [6.07, 6.45) is 0.339. The molecule has 1 rings (SSSR count).